The van der Waals surface area contributed by atoms with Crippen LogP contribution in [0.15, 0.2) is 23.3 Å². The summed E-state index contributed by atoms with van der Waals surface area (Å²) >= 11 is 0. The van der Waals surface area contributed by atoms with E-state index in [0.29, 0.717) is 31.0 Å². The minimum atomic E-state index is -0.319. The maximum Gasteiger partial charge on any atom is 0.230 e. The summed E-state index contributed by atoms with van der Waals surface area (Å²) in [4.78, 5) is 23.1. The molecule has 1 aromatic rings. The molecule has 29 heavy (non-hydrogen) atoms. The van der Waals surface area contributed by atoms with Gasteiger partial charge in [-0.25, -0.2) is 4.98 Å². The van der Waals surface area contributed by atoms with Crippen molar-refractivity contribution in [2.45, 2.75) is 64.0 Å². The minimum absolute atomic E-state index is 0.209. The average Bonchev–Trinajstić information content (AvgIpc) is 3.40. The molecule has 0 saturated heterocycles. The van der Waals surface area contributed by atoms with Crippen LogP contribution in [0.25, 0.3) is 0 Å². The number of hydrogen-bond acceptors (Lipinski definition) is 4. The van der Waals surface area contributed by atoms with Crippen LogP contribution in [-0.2, 0) is 11.3 Å². The van der Waals surface area contributed by atoms with E-state index in [0.717, 1.165) is 44.1 Å². The van der Waals surface area contributed by atoms with Crippen molar-refractivity contribution in [3.63, 3.8) is 0 Å². The number of carbonyl (C=O) groups is 1. The second kappa shape index (κ2) is 9.94. The fraction of sp³-hybridized carbons (Fsp3) is 0.682. The summed E-state index contributed by atoms with van der Waals surface area (Å²) in [6.07, 6.45) is 10.9. The molecule has 0 spiro atoms. The number of nitrogens with one attached hydrogen (secondary N) is 2. The van der Waals surface area contributed by atoms with Gasteiger partial charge in [-0.05, 0) is 50.2 Å². The quantitative estimate of drug-likeness (QED) is 0.543. The Morgan fingerprint density at radius 1 is 1.24 bits per heavy atom. The molecule has 2 aliphatic carbocycles. The second-order valence-corrected chi connectivity index (χ2v) is 8.49. The van der Waals surface area contributed by atoms with E-state index < -0.39 is 0 Å². The lowest BCUT2D eigenvalue weighted by Crippen LogP contribution is -2.49. The van der Waals surface area contributed by atoms with Gasteiger partial charge in [0.15, 0.2) is 5.96 Å². The number of guanidine groups is 1. The highest BCUT2D eigenvalue weighted by atomic mass is 16.5. The molecule has 2 aliphatic rings. The number of hydrogen-bond donors (Lipinski definition) is 2. The van der Waals surface area contributed by atoms with Gasteiger partial charge < -0.3 is 20.3 Å². The number of carbonyl (C=O) groups excluding carboxylic acids is 1. The van der Waals surface area contributed by atoms with Gasteiger partial charge in [0.25, 0.3) is 0 Å². The Balaban J connectivity index is 1.53. The fourth-order valence-electron chi connectivity index (χ4n) is 4.45. The molecule has 0 bridgehead atoms. The molecule has 2 N–H and O–H groups in total. The molecular formula is C22H35N5O2. The Bertz CT molecular complexity index is 707. The van der Waals surface area contributed by atoms with Crippen molar-refractivity contribution in [2.24, 2.45) is 10.4 Å². The molecule has 0 atom stereocenters. The van der Waals surface area contributed by atoms with Gasteiger partial charge in [-0.15, -0.1) is 0 Å². The topological polar surface area (TPSA) is 78.9 Å². The number of rotatable bonds is 7. The minimum Gasteiger partial charge on any atom is -0.474 e. The van der Waals surface area contributed by atoms with E-state index in [-0.39, 0.29) is 11.3 Å². The first-order chi connectivity index (χ1) is 14.0. The normalized spacial score (nSPS) is 19.2. The smallest absolute Gasteiger partial charge is 0.230 e. The van der Waals surface area contributed by atoms with E-state index in [9.17, 15) is 4.79 Å². The summed E-state index contributed by atoms with van der Waals surface area (Å²) in [5.74, 6) is 1.61. The molecule has 0 radical (unpaired) electrons. The van der Waals surface area contributed by atoms with Gasteiger partial charge in [0, 0.05) is 46.5 Å². The lowest BCUT2D eigenvalue weighted by atomic mass is 9.84. The Kier molecular flexibility index (Phi) is 7.34. The molecule has 0 aromatic carbocycles. The molecule has 7 heteroatoms. The third kappa shape index (κ3) is 5.61. The largest absolute Gasteiger partial charge is 0.474 e. The molecule has 7 nitrogen and oxygen atoms in total. The van der Waals surface area contributed by atoms with Crippen molar-refractivity contribution in [2.75, 3.05) is 27.7 Å². The van der Waals surface area contributed by atoms with Crippen LogP contribution in [-0.4, -0.2) is 55.5 Å². The number of nitrogens with zero attached hydrogens (tertiary/aromatic N) is 3. The summed E-state index contributed by atoms with van der Waals surface area (Å²) in [6, 6.07) is 3.97. The van der Waals surface area contributed by atoms with Crippen molar-refractivity contribution >= 4 is 11.9 Å². The lowest BCUT2D eigenvalue weighted by molar-refractivity contribution is -0.138. The molecule has 2 fully saturated rings. The van der Waals surface area contributed by atoms with Gasteiger partial charge in [-0.1, -0.05) is 12.8 Å². The van der Waals surface area contributed by atoms with Crippen LogP contribution in [0.2, 0.25) is 0 Å². The fourth-order valence-corrected chi connectivity index (χ4v) is 4.45. The second-order valence-electron chi connectivity index (χ2n) is 8.49. The molecule has 1 amide bonds. The van der Waals surface area contributed by atoms with E-state index in [1.54, 1.807) is 18.1 Å². The van der Waals surface area contributed by atoms with Crippen LogP contribution in [0, 0.1) is 5.41 Å². The van der Waals surface area contributed by atoms with Crippen molar-refractivity contribution in [1.29, 1.82) is 0 Å². The predicted octanol–water partition coefficient (Wildman–Crippen LogP) is 2.72. The van der Waals surface area contributed by atoms with Gasteiger partial charge in [-0.2, -0.15) is 0 Å². The zero-order valence-electron chi connectivity index (χ0n) is 18.0. The van der Waals surface area contributed by atoms with Gasteiger partial charge >= 0.3 is 0 Å². The molecule has 3 rings (SSSR count). The maximum atomic E-state index is 12.7. The van der Waals surface area contributed by atoms with Crippen molar-refractivity contribution < 1.29 is 9.53 Å². The van der Waals surface area contributed by atoms with Crippen LogP contribution in [0.3, 0.4) is 0 Å². The van der Waals surface area contributed by atoms with Gasteiger partial charge in [0.1, 0.15) is 6.10 Å². The van der Waals surface area contributed by atoms with Crippen molar-refractivity contribution in [3.8, 4) is 5.88 Å². The van der Waals surface area contributed by atoms with Crippen LogP contribution in [0.1, 0.15) is 56.9 Å². The highest BCUT2D eigenvalue weighted by Crippen LogP contribution is 2.38. The number of pyridine rings is 1. The third-order valence-corrected chi connectivity index (χ3v) is 6.09. The number of aliphatic imine (C=N–C) groups is 1. The van der Waals surface area contributed by atoms with E-state index in [1.165, 1.54) is 12.8 Å². The summed E-state index contributed by atoms with van der Waals surface area (Å²) in [7, 11) is 5.43. The monoisotopic (exact) mass is 401 g/mol. The summed E-state index contributed by atoms with van der Waals surface area (Å²) in [6.45, 7) is 1.23. The van der Waals surface area contributed by atoms with E-state index in [1.807, 2.05) is 26.2 Å². The number of aromatic nitrogens is 1. The first kappa shape index (κ1) is 21.4. The molecule has 0 aliphatic heterocycles. The van der Waals surface area contributed by atoms with E-state index in [2.05, 4.69) is 20.6 Å². The average molecular weight is 402 g/mol. The molecule has 2 saturated carbocycles. The molecule has 0 unspecified atom stereocenters. The maximum absolute atomic E-state index is 12.7. The van der Waals surface area contributed by atoms with Crippen molar-refractivity contribution in [1.82, 2.24) is 20.5 Å². The molecule has 160 valence electrons. The van der Waals surface area contributed by atoms with E-state index >= 15 is 0 Å². The Hall–Kier alpha value is -2.31. The lowest BCUT2D eigenvalue weighted by Gasteiger charge is -2.31. The van der Waals surface area contributed by atoms with Gasteiger partial charge in [-0.3, -0.25) is 9.79 Å². The first-order valence-corrected chi connectivity index (χ1v) is 10.8. The Morgan fingerprint density at radius 2 is 1.97 bits per heavy atom. The van der Waals surface area contributed by atoms with Gasteiger partial charge in [0.05, 0.1) is 5.41 Å². The highest BCUT2D eigenvalue weighted by Gasteiger charge is 2.42. The van der Waals surface area contributed by atoms with Crippen LogP contribution >= 0.6 is 0 Å². The number of ether oxygens (including phenoxy) is 1. The summed E-state index contributed by atoms with van der Waals surface area (Å²) < 4.78 is 6.00. The summed E-state index contributed by atoms with van der Waals surface area (Å²) in [5, 5.41) is 6.72. The molecule has 1 aromatic heterocycles. The van der Waals surface area contributed by atoms with Crippen molar-refractivity contribution in [3.05, 3.63) is 23.9 Å². The zero-order chi connectivity index (χ0) is 20.7. The highest BCUT2D eigenvalue weighted by molar-refractivity contribution is 5.85. The third-order valence-electron chi connectivity index (χ3n) is 6.09. The first-order valence-electron chi connectivity index (χ1n) is 10.8. The van der Waals surface area contributed by atoms with Gasteiger partial charge in [0.2, 0.25) is 11.8 Å². The summed E-state index contributed by atoms with van der Waals surface area (Å²) in [5.41, 5.74) is 0.774. The Labute approximate surface area is 174 Å². The SMILES string of the molecule is CN=C(NCc1ccnc(OC2CCCC2)c1)NCC1(C(=O)N(C)C)CCCC1. The van der Waals surface area contributed by atoms with Crippen LogP contribution in [0.4, 0.5) is 0 Å². The van der Waals surface area contributed by atoms with Crippen LogP contribution < -0.4 is 15.4 Å². The zero-order valence-corrected chi connectivity index (χ0v) is 18.0. The number of amides is 1. The standard InChI is InChI=1S/C22H35N5O2/c1-23-21(26-16-22(11-6-7-12-22)20(28)27(2)3)25-15-17-10-13-24-19(14-17)29-18-8-4-5-9-18/h10,13-14,18H,4-9,11-12,15-16H2,1-3H3,(H2,23,25,26). The molecule has 1 heterocycles. The van der Waals surface area contributed by atoms with E-state index in [4.69, 9.17) is 4.74 Å². The van der Waals surface area contributed by atoms with Crippen LogP contribution in [0.5, 0.6) is 5.88 Å². The molecular weight excluding hydrogens is 366 g/mol. The predicted molar refractivity (Wildman–Crippen MR) is 115 cm³/mol. The Morgan fingerprint density at radius 3 is 2.62 bits per heavy atom.